The highest BCUT2D eigenvalue weighted by Gasteiger charge is 2.48. The van der Waals surface area contributed by atoms with E-state index in [1.54, 1.807) is 6.92 Å². The quantitative estimate of drug-likeness (QED) is 0.341. The molecule has 0 spiro atoms. The van der Waals surface area contributed by atoms with Crippen LogP contribution in [0.25, 0.3) is 0 Å². The van der Waals surface area contributed by atoms with Gasteiger partial charge in [-0.15, -0.1) is 11.8 Å². The van der Waals surface area contributed by atoms with Crippen molar-refractivity contribution in [2.24, 2.45) is 11.8 Å². The van der Waals surface area contributed by atoms with E-state index in [1.807, 2.05) is 0 Å². The summed E-state index contributed by atoms with van der Waals surface area (Å²) in [6.45, 7) is 1.66. The normalized spacial score (nSPS) is 39.4. The maximum absolute atomic E-state index is 14.1. The Morgan fingerprint density at radius 3 is 2.25 bits per heavy atom. The van der Waals surface area contributed by atoms with E-state index in [0.29, 0.717) is 6.42 Å². The number of carbonyl (C=O) groups is 1. The first-order valence-electron chi connectivity index (χ1n) is 8.02. The lowest BCUT2D eigenvalue weighted by molar-refractivity contribution is -0.543. The van der Waals surface area contributed by atoms with E-state index in [2.05, 4.69) is 11.8 Å². The predicted octanol–water partition coefficient (Wildman–Crippen LogP) is 2.79. The molecule has 5 unspecified atom stereocenters. The van der Waals surface area contributed by atoms with Gasteiger partial charge in [-0.05, 0) is 26.2 Å². The molecule has 0 aromatic carbocycles. The Bertz CT molecular complexity index is 535. The van der Waals surface area contributed by atoms with Crippen molar-refractivity contribution >= 4 is 5.97 Å². The molecule has 2 aliphatic carbocycles. The number of esters is 1. The fraction of sp³-hybridized carbons (Fsp3) is 0.812. The highest BCUT2D eigenvalue weighted by atomic mass is 19.1. The molecule has 0 N–H and O–H groups in total. The lowest BCUT2D eigenvalue weighted by Crippen LogP contribution is -2.48. The third-order valence-electron chi connectivity index (χ3n) is 4.67. The molecule has 24 heavy (non-hydrogen) atoms. The average Bonchev–Trinajstić information content (AvgIpc) is 2.46. The van der Waals surface area contributed by atoms with Crippen molar-refractivity contribution in [3.8, 4) is 11.8 Å². The summed E-state index contributed by atoms with van der Waals surface area (Å²) in [4.78, 5) is 21.7. The molecular weight excluding hydrogens is 327 g/mol. The van der Waals surface area contributed by atoms with Crippen molar-refractivity contribution in [1.82, 2.24) is 0 Å². The minimum Gasteiger partial charge on any atom is -0.462 e. The van der Waals surface area contributed by atoms with Crippen molar-refractivity contribution < 1.29 is 27.6 Å². The summed E-state index contributed by atoms with van der Waals surface area (Å²) >= 11 is 0. The number of alkyl halides is 3. The van der Waals surface area contributed by atoms with Crippen molar-refractivity contribution in [3.63, 3.8) is 0 Å². The van der Waals surface area contributed by atoms with Gasteiger partial charge in [-0.1, -0.05) is 0 Å². The molecule has 0 aliphatic heterocycles. The number of halogens is 3. The van der Waals surface area contributed by atoms with Gasteiger partial charge < -0.3 is 4.74 Å². The Balaban J connectivity index is 1.91. The van der Waals surface area contributed by atoms with Crippen LogP contribution in [0.3, 0.4) is 0 Å². The van der Waals surface area contributed by atoms with Crippen LogP contribution in [0.15, 0.2) is 0 Å². The molecule has 0 aromatic rings. The summed E-state index contributed by atoms with van der Waals surface area (Å²) in [6.07, 6.45) is -6.48. The third kappa shape index (κ3) is 4.19. The number of nitro groups is 1. The van der Waals surface area contributed by atoms with Crippen LogP contribution in [0.1, 0.15) is 39.0 Å². The molecule has 134 valence electrons. The molecular formula is C16H20F3NO4. The van der Waals surface area contributed by atoms with Crippen molar-refractivity contribution in [2.45, 2.75) is 69.7 Å². The molecule has 0 radical (unpaired) electrons. The zero-order valence-electron chi connectivity index (χ0n) is 13.3. The van der Waals surface area contributed by atoms with Gasteiger partial charge in [0, 0.05) is 23.7 Å². The molecule has 0 heterocycles. The summed E-state index contributed by atoms with van der Waals surface area (Å²) in [5.74, 6) is 3.70. The van der Waals surface area contributed by atoms with Crippen molar-refractivity contribution in [1.29, 1.82) is 0 Å². The molecule has 2 rings (SSSR count). The SMILES string of the molecule is CC#CC1CCC(C(=O)OC2CC(F)C([N+](=O)[O-])C(F)C2)C(F)C1. The van der Waals surface area contributed by atoms with Crippen LogP contribution in [-0.4, -0.2) is 41.6 Å². The molecule has 0 saturated heterocycles. The Kier molecular flexibility index (Phi) is 6.08. The average molecular weight is 347 g/mol. The Morgan fingerprint density at radius 2 is 1.75 bits per heavy atom. The number of rotatable bonds is 3. The highest BCUT2D eigenvalue weighted by Crippen LogP contribution is 2.34. The van der Waals surface area contributed by atoms with Crippen molar-refractivity contribution in [2.75, 3.05) is 0 Å². The summed E-state index contributed by atoms with van der Waals surface area (Å²) in [7, 11) is 0. The van der Waals surface area contributed by atoms with E-state index in [-0.39, 0.29) is 18.8 Å². The first-order chi connectivity index (χ1) is 11.3. The first kappa shape index (κ1) is 18.6. The first-order valence-corrected chi connectivity index (χ1v) is 8.02. The largest absolute Gasteiger partial charge is 0.462 e. The number of hydrogen-bond acceptors (Lipinski definition) is 4. The lowest BCUT2D eigenvalue weighted by atomic mass is 9.81. The van der Waals surface area contributed by atoms with E-state index in [0.717, 1.165) is 0 Å². The van der Waals surface area contributed by atoms with Crippen LogP contribution < -0.4 is 0 Å². The van der Waals surface area contributed by atoms with Gasteiger partial charge in [0.15, 0.2) is 12.3 Å². The number of nitrogens with zero attached hydrogens (tertiary/aromatic N) is 1. The second kappa shape index (κ2) is 7.86. The summed E-state index contributed by atoms with van der Waals surface area (Å²) in [5, 5.41) is 10.6. The maximum atomic E-state index is 14.1. The zero-order valence-corrected chi connectivity index (χ0v) is 13.3. The van der Waals surface area contributed by atoms with Gasteiger partial charge in [0.1, 0.15) is 12.3 Å². The zero-order chi connectivity index (χ0) is 17.9. The molecule has 0 bridgehead atoms. The molecule has 0 amide bonds. The number of hydrogen-bond donors (Lipinski definition) is 0. The van der Waals surface area contributed by atoms with Crippen LogP contribution in [0, 0.1) is 33.8 Å². The van der Waals surface area contributed by atoms with Gasteiger partial charge in [0.25, 0.3) is 6.04 Å². The van der Waals surface area contributed by atoms with Gasteiger partial charge in [0.05, 0.1) is 5.92 Å². The van der Waals surface area contributed by atoms with Crippen LogP contribution in [0.5, 0.6) is 0 Å². The smallest absolute Gasteiger partial charge is 0.312 e. The molecule has 0 aromatic heterocycles. The fourth-order valence-electron chi connectivity index (χ4n) is 3.43. The molecule has 2 fully saturated rings. The van der Waals surface area contributed by atoms with E-state index in [1.165, 1.54) is 0 Å². The van der Waals surface area contributed by atoms with Gasteiger partial charge >= 0.3 is 5.97 Å². The standard InChI is InChI=1S/C16H20F3NO4/c1-2-3-9-4-5-11(12(17)6-9)16(21)24-10-7-13(18)15(20(22)23)14(19)8-10/h9-15H,4-8H2,1H3. The fourth-order valence-corrected chi connectivity index (χ4v) is 3.43. The van der Waals surface area contributed by atoms with Gasteiger partial charge in [-0.2, -0.15) is 0 Å². The monoisotopic (exact) mass is 347 g/mol. The second-order valence-corrected chi connectivity index (χ2v) is 6.37. The van der Waals surface area contributed by atoms with Gasteiger partial charge in [0.2, 0.25) is 0 Å². The van der Waals surface area contributed by atoms with E-state index < -0.39 is 60.3 Å². The van der Waals surface area contributed by atoms with Crippen LogP contribution in [-0.2, 0) is 9.53 Å². The van der Waals surface area contributed by atoms with Crippen LogP contribution >= 0.6 is 0 Å². The van der Waals surface area contributed by atoms with Crippen LogP contribution in [0.4, 0.5) is 13.2 Å². The molecule has 5 atom stereocenters. The Morgan fingerprint density at radius 1 is 1.12 bits per heavy atom. The minimum absolute atomic E-state index is 0.102. The molecule has 5 nitrogen and oxygen atoms in total. The van der Waals surface area contributed by atoms with Gasteiger partial charge in [-0.25, -0.2) is 13.2 Å². The Labute approximate surface area is 138 Å². The highest BCUT2D eigenvalue weighted by molar-refractivity contribution is 5.73. The third-order valence-corrected chi connectivity index (χ3v) is 4.67. The minimum atomic E-state index is -2.03. The van der Waals surface area contributed by atoms with Gasteiger partial charge in [-0.3, -0.25) is 14.9 Å². The maximum Gasteiger partial charge on any atom is 0.312 e. The molecule has 2 saturated carbocycles. The van der Waals surface area contributed by atoms with E-state index in [9.17, 15) is 28.1 Å². The summed E-state index contributed by atoms with van der Waals surface area (Å²) in [6, 6.07) is -1.93. The molecule has 2 aliphatic rings. The van der Waals surface area contributed by atoms with Crippen molar-refractivity contribution in [3.05, 3.63) is 10.1 Å². The van der Waals surface area contributed by atoms with E-state index >= 15 is 0 Å². The number of ether oxygens (including phenoxy) is 1. The summed E-state index contributed by atoms with van der Waals surface area (Å²) < 4.78 is 46.7. The predicted molar refractivity (Wildman–Crippen MR) is 78.9 cm³/mol. The Hall–Kier alpha value is -1.78. The number of carbonyl (C=O) groups excluding carboxylic acids is 1. The lowest BCUT2D eigenvalue weighted by Gasteiger charge is -2.32. The summed E-state index contributed by atoms with van der Waals surface area (Å²) in [5.41, 5.74) is 0. The topological polar surface area (TPSA) is 69.4 Å². The van der Waals surface area contributed by atoms with Crippen LogP contribution in [0.2, 0.25) is 0 Å². The second-order valence-electron chi connectivity index (χ2n) is 6.37. The molecule has 8 heteroatoms. The van der Waals surface area contributed by atoms with E-state index in [4.69, 9.17) is 4.74 Å².